The first-order chi connectivity index (χ1) is 13.3. The standard InChI is InChI=1S/C21H36N4O2S/c1-6-22-19(23-14-15(2)18-8-7-13-28-18)24-16-9-11-17(12-10-16)25-20(26)27-21(3,4)5/h7-8,13,15-17H,6,9-12,14H2,1-5H3,(H,25,26)(H2,22,23,24). The molecule has 1 atom stereocenters. The number of rotatable bonds is 6. The average Bonchev–Trinajstić information content (AvgIpc) is 3.14. The summed E-state index contributed by atoms with van der Waals surface area (Å²) in [5, 5.41) is 12.0. The van der Waals surface area contributed by atoms with Crippen LogP contribution in [0, 0.1) is 0 Å². The molecule has 1 aliphatic carbocycles. The maximum absolute atomic E-state index is 11.9. The van der Waals surface area contributed by atoms with Gasteiger partial charge in [0.25, 0.3) is 0 Å². The van der Waals surface area contributed by atoms with Gasteiger partial charge in [-0.1, -0.05) is 13.0 Å². The Hall–Kier alpha value is -1.76. The fraction of sp³-hybridized carbons (Fsp3) is 0.714. The number of nitrogens with one attached hydrogen (secondary N) is 3. The molecule has 6 nitrogen and oxygen atoms in total. The molecule has 0 radical (unpaired) electrons. The van der Waals surface area contributed by atoms with Crippen LogP contribution in [0.3, 0.4) is 0 Å². The Kier molecular flexibility index (Phi) is 8.60. The van der Waals surface area contributed by atoms with E-state index in [1.54, 1.807) is 11.3 Å². The quantitative estimate of drug-likeness (QED) is 0.486. The second-order valence-corrected chi connectivity index (χ2v) is 9.45. The van der Waals surface area contributed by atoms with Gasteiger partial charge in [0.2, 0.25) is 0 Å². The first-order valence-electron chi connectivity index (χ1n) is 10.3. The lowest BCUT2D eigenvalue weighted by atomic mass is 9.91. The zero-order valence-electron chi connectivity index (χ0n) is 17.9. The van der Waals surface area contributed by atoms with Gasteiger partial charge in [-0.15, -0.1) is 11.3 Å². The van der Waals surface area contributed by atoms with Crippen molar-refractivity contribution in [3.8, 4) is 0 Å². The molecule has 1 aromatic heterocycles. The van der Waals surface area contributed by atoms with E-state index in [0.29, 0.717) is 12.0 Å². The highest BCUT2D eigenvalue weighted by atomic mass is 32.1. The number of thiophene rings is 1. The summed E-state index contributed by atoms with van der Waals surface area (Å²) in [6.07, 6.45) is 3.59. The summed E-state index contributed by atoms with van der Waals surface area (Å²) in [6.45, 7) is 11.6. The molecule has 1 unspecified atom stereocenters. The SMILES string of the molecule is CCNC(=NCC(C)c1cccs1)NC1CCC(NC(=O)OC(C)(C)C)CC1. The predicted octanol–water partition coefficient (Wildman–Crippen LogP) is 4.24. The number of hydrogen-bond donors (Lipinski definition) is 3. The summed E-state index contributed by atoms with van der Waals surface area (Å²) >= 11 is 1.79. The van der Waals surface area contributed by atoms with E-state index in [1.807, 2.05) is 20.8 Å². The molecule has 0 aromatic carbocycles. The fourth-order valence-electron chi connectivity index (χ4n) is 3.26. The van der Waals surface area contributed by atoms with Gasteiger partial charge in [-0.2, -0.15) is 0 Å². The van der Waals surface area contributed by atoms with E-state index < -0.39 is 5.60 Å². The van der Waals surface area contributed by atoms with Crippen LogP contribution >= 0.6 is 11.3 Å². The first kappa shape index (κ1) is 22.5. The van der Waals surface area contributed by atoms with Gasteiger partial charge in [0.15, 0.2) is 5.96 Å². The van der Waals surface area contributed by atoms with Crippen molar-refractivity contribution in [1.82, 2.24) is 16.0 Å². The van der Waals surface area contributed by atoms with Crippen molar-refractivity contribution in [2.45, 2.75) is 83.9 Å². The van der Waals surface area contributed by atoms with Crippen LogP contribution in [0.15, 0.2) is 22.5 Å². The molecule has 0 bridgehead atoms. The van der Waals surface area contributed by atoms with E-state index >= 15 is 0 Å². The third-order valence-corrected chi connectivity index (χ3v) is 5.79. The van der Waals surface area contributed by atoms with Crippen LogP contribution in [0.1, 0.15) is 71.1 Å². The molecule has 3 N–H and O–H groups in total. The zero-order chi connectivity index (χ0) is 20.6. The smallest absolute Gasteiger partial charge is 0.407 e. The lowest BCUT2D eigenvalue weighted by molar-refractivity contribution is 0.0490. The summed E-state index contributed by atoms with van der Waals surface area (Å²) in [5.74, 6) is 1.30. The molecular formula is C21H36N4O2S. The average molecular weight is 409 g/mol. The van der Waals surface area contributed by atoms with Gasteiger partial charge in [0.1, 0.15) is 5.60 Å². The summed E-state index contributed by atoms with van der Waals surface area (Å²) in [6, 6.07) is 4.83. The van der Waals surface area contributed by atoms with E-state index in [9.17, 15) is 4.79 Å². The van der Waals surface area contributed by atoms with Crippen molar-refractivity contribution in [1.29, 1.82) is 0 Å². The summed E-state index contributed by atoms with van der Waals surface area (Å²) in [7, 11) is 0. The zero-order valence-corrected chi connectivity index (χ0v) is 18.7. The Morgan fingerprint density at radius 3 is 2.43 bits per heavy atom. The Balaban J connectivity index is 1.78. The molecule has 28 heavy (non-hydrogen) atoms. The van der Waals surface area contributed by atoms with Crippen molar-refractivity contribution in [3.05, 3.63) is 22.4 Å². The number of guanidine groups is 1. The predicted molar refractivity (Wildman–Crippen MR) is 117 cm³/mol. The van der Waals surface area contributed by atoms with E-state index in [2.05, 4.69) is 47.3 Å². The number of carbonyl (C=O) groups excluding carboxylic acids is 1. The second kappa shape index (κ2) is 10.7. The molecule has 1 amide bonds. The van der Waals surface area contributed by atoms with Gasteiger partial charge in [-0.3, -0.25) is 4.99 Å². The van der Waals surface area contributed by atoms with Gasteiger partial charge in [-0.05, 0) is 64.8 Å². The molecule has 1 aliphatic rings. The summed E-state index contributed by atoms with van der Waals surface area (Å²) in [4.78, 5) is 18.1. The van der Waals surface area contributed by atoms with Crippen LogP contribution in [-0.4, -0.2) is 42.8 Å². The molecule has 0 aliphatic heterocycles. The van der Waals surface area contributed by atoms with Crippen molar-refractivity contribution in [3.63, 3.8) is 0 Å². The Bertz CT molecular complexity index is 617. The Morgan fingerprint density at radius 1 is 1.25 bits per heavy atom. The molecule has 0 saturated heterocycles. The van der Waals surface area contributed by atoms with Crippen LogP contribution in [0.25, 0.3) is 0 Å². The second-order valence-electron chi connectivity index (χ2n) is 8.48. The highest BCUT2D eigenvalue weighted by Gasteiger charge is 2.25. The van der Waals surface area contributed by atoms with Gasteiger partial charge in [0, 0.05) is 29.4 Å². The number of aliphatic imine (C=N–C) groups is 1. The molecule has 1 fully saturated rings. The Morgan fingerprint density at radius 2 is 1.89 bits per heavy atom. The van der Waals surface area contributed by atoms with Crippen molar-refractivity contribution in [2.24, 2.45) is 4.99 Å². The molecule has 1 aromatic rings. The minimum atomic E-state index is -0.458. The van der Waals surface area contributed by atoms with E-state index in [0.717, 1.165) is 44.7 Å². The van der Waals surface area contributed by atoms with E-state index in [4.69, 9.17) is 9.73 Å². The summed E-state index contributed by atoms with van der Waals surface area (Å²) < 4.78 is 5.35. The van der Waals surface area contributed by atoms with E-state index in [-0.39, 0.29) is 12.1 Å². The lowest BCUT2D eigenvalue weighted by Gasteiger charge is -2.31. The lowest BCUT2D eigenvalue weighted by Crippen LogP contribution is -2.48. The number of amides is 1. The highest BCUT2D eigenvalue weighted by Crippen LogP contribution is 2.21. The largest absolute Gasteiger partial charge is 0.444 e. The third-order valence-electron chi connectivity index (χ3n) is 4.69. The molecule has 7 heteroatoms. The van der Waals surface area contributed by atoms with Crippen LogP contribution < -0.4 is 16.0 Å². The van der Waals surface area contributed by atoms with Gasteiger partial charge in [-0.25, -0.2) is 4.79 Å². The normalized spacial score (nSPS) is 21.7. The Labute approximate surface area is 173 Å². The van der Waals surface area contributed by atoms with Gasteiger partial charge in [0.05, 0.1) is 6.54 Å². The van der Waals surface area contributed by atoms with Crippen molar-refractivity contribution >= 4 is 23.4 Å². The topological polar surface area (TPSA) is 74.8 Å². The van der Waals surface area contributed by atoms with Crippen LogP contribution in [0.2, 0.25) is 0 Å². The van der Waals surface area contributed by atoms with Crippen molar-refractivity contribution in [2.75, 3.05) is 13.1 Å². The molecule has 1 heterocycles. The monoisotopic (exact) mass is 408 g/mol. The van der Waals surface area contributed by atoms with E-state index in [1.165, 1.54) is 4.88 Å². The molecule has 2 rings (SSSR count). The number of hydrogen-bond acceptors (Lipinski definition) is 4. The highest BCUT2D eigenvalue weighted by molar-refractivity contribution is 7.10. The minimum Gasteiger partial charge on any atom is -0.444 e. The van der Waals surface area contributed by atoms with Gasteiger partial charge < -0.3 is 20.7 Å². The summed E-state index contributed by atoms with van der Waals surface area (Å²) in [5.41, 5.74) is -0.458. The number of alkyl carbamates (subject to hydrolysis) is 1. The number of nitrogens with zero attached hydrogens (tertiary/aromatic N) is 1. The number of ether oxygens (including phenoxy) is 1. The van der Waals surface area contributed by atoms with Crippen LogP contribution in [-0.2, 0) is 4.74 Å². The number of carbonyl (C=O) groups is 1. The van der Waals surface area contributed by atoms with Crippen LogP contribution in [0.4, 0.5) is 4.79 Å². The third kappa shape index (κ3) is 8.09. The fourth-order valence-corrected chi connectivity index (χ4v) is 4.04. The maximum atomic E-state index is 11.9. The van der Waals surface area contributed by atoms with Gasteiger partial charge >= 0.3 is 6.09 Å². The minimum absolute atomic E-state index is 0.186. The van der Waals surface area contributed by atoms with Crippen LogP contribution in [0.5, 0.6) is 0 Å². The first-order valence-corrected chi connectivity index (χ1v) is 11.2. The molecule has 1 saturated carbocycles. The molecular weight excluding hydrogens is 372 g/mol. The molecule has 0 spiro atoms. The maximum Gasteiger partial charge on any atom is 0.407 e. The molecule has 158 valence electrons. The van der Waals surface area contributed by atoms with Crippen molar-refractivity contribution < 1.29 is 9.53 Å².